The molecular weight excluding hydrogens is 310 g/mol. The summed E-state index contributed by atoms with van der Waals surface area (Å²) >= 11 is 4.94. The lowest BCUT2D eigenvalue weighted by molar-refractivity contribution is -0.117. The van der Waals surface area contributed by atoms with Gasteiger partial charge in [-0.3, -0.25) is 4.79 Å². The fraction of sp³-hybridized carbons (Fsp3) is 0.385. The molecule has 1 heterocycles. The summed E-state index contributed by atoms with van der Waals surface area (Å²) in [5.41, 5.74) is 7.59. The van der Waals surface area contributed by atoms with E-state index in [-0.39, 0.29) is 5.91 Å². The maximum atomic E-state index is 12.0. The molecule has 1 aromatic carbocycles. The summed E-state index contributed by atoms with van der Waals surface area (Å²) in [5, 5.41) is 2.87. The zero-order valence-electron chi connectivity index (χ0n) is 11.4. The number of aromatic nitrogens is 1. The van der Waals surface area contributed by atoms with E-state index < -0.39 is 6.04 Å². The molecule has 7 heteroatoms. The van der Waals surface area contributed by atoms with Crippen LogP contribution in [0.3, 0.4) is 0 Å². The molecule has 0 saturated heterocycles. The van der Waals surface area contributed by atoms with Gasteiger partial charge in [0.25, 0.3) is 0 Å². The third-order valence-electron chi connectivity index (χ3n) is 2.78. The van der Waals surface area contributed by atoms with Gasteiger partial charge in [-0.25, -0.2) is 4.98 Å². The number of fused-ring (bicyclic) bond motifs is 1. The molecule has 0 aliphatic rings. The lowest BCUT2D eigenvalue weighted by atomic mass is 10.2. The van der Waals surface area contributed by atoms with Crippen LogP contribution in [0.15, 0.2) is 22.5 Å². The minimum absolute atomic E-state index is 0.131. The van der Waals surface area contributed by atoms with Crippen LogP contribution in [0.2, 0.25) is 0 Å². The van der Waals surface area contributed by atoms with Crippen molar-refractivity contribution >= 4 is 56.7 Å². The van der Waals surface area contributed by atoms with E-state index in [1.807, 2.05) is 30.7 Å². The molecular formula is C13H17N3OS3. The van der Waals surface area contributed by atoms with Gasteiger partial charge < -0.3 is 11.1 Å². The predicted molar refractivity (Wildman–Crippen MR) is 91.0 cm³/mol. The van der Waals surface area contributed by atoms with Crippen molar-refractivity contribution in [3.63, 3.8) is 0 Å². The van der Waals surface area contributed by atoms with Crippen molar-refractivity contribution in [3.8, 4) is 0 Å². The number of thiazole rings is 1. The van der Waals surface area contributed by atoms with E-state index in [1.54, 1.807) is 34.9 Å². The second-order valence-corrected chi connectivity index (χ2v) is 7.31. The second-order valence-electron chi connectivity index (χ2n) is 4.24. The molecule has 1 aromatic heterocycles. The number of amides is 1. The normalized spacial score (nSPS) is 12.6. The highest BCUT2D eigenvalue weighted by atomic mass is 32.2. The molecule has 3 N–H and O–H groups in total. The number of nitrogens with one attached hydrogen (secondary N) is 1. The molecule has 0 aliphatic heterocycles. The Hall–Kier alpha value is -0.760. The van der Waals surface area contributed by atoms with Crippen molar-refractivity contribution < 1.29 is 4.79 Å². The second kappa shape index (κ2) is 7.31. The molecule has 0 aliphatic carbocycles. The number of hydrogen-bond donors (Lipinski definition) is 2. The molecule has 1 amide bonds. The Morgan fingerprint density at radius 3 is 3.00 bits per heavy atom. The van der Waals surface area contributed by atoms with Crippen LogP contribution in [0.1, 0.15) is 6.42 Å². The fourth-order valence-electron chi connectivity index (χ4n) is 1.68. The van der Waals surface area contributed by atoms with Crippen molar-refractivity contribution in [1.82, 2.24) is 4.98 Å². The maximum Gasteiger partial charge on any atom is 0.241 e. The zero-order chi connectivity index (χ0) is 14.5. The van der Waals surface area contributed by atoms with Gasteiger partial charge in [-0.1, -0.05) is 11.8 Å². The van der Waals surface area contributed by atoms with Gasteiger partial charge in [0.05, 0.1) is 16.3 Å². The van der Waals surface area contributed by atoms with Gasteiger partial charge in [0.1, 0.15) is 0 Å². The summed E-state index contributed by atoms with van der Waals surface area (Å²) < 4.78 is 2.10. The summed E-state index contributed by atoms with van der Waals surface area (Å²) in [7, 11) is 0. The molecule has 0 bridgehead atoms. The van der Waals surface area contributed by atoms with E-state index in [2.05, 4.69) is 10.3 Å². The highest BCUT2D eigenvalue weighted by Gasteiger charge is 2.13. The molecule has 20 heavy (non-hydrogen) atoms. The first-order valence-corrected chi connectivity index (χ1v) is 9.57. The third-order valence-corrected chi connectivity index (χ3v) is 5.43. The van der Waals surface area contributed by atoms with Gasteiger partial charge in [0.2, 0.25) is 5.91 Å². The average molecular weight is 328 g/mol. The quantitative estimate of drug-likeness (QED) is 0.798. The van der Waals surface area contributed by atoms with Crippen molar-refractivity contribution in [2.24, 2.45) is 5.73 Å². The first kappa shape index (κ1) is 15.6. The van der Waals surface area contributed by atoms with Gasteiger partial charge in [-0.2, -0.15) is 11.8 Å². The standard InChI is InChI=1S/C13H17N3OS3/c1-18-6-5-9(14)12(17)15-8-3-4-10-11(7-8)20-13(16-10)19-2/h3-4,7,9H,5-6,14H2,1-2H3,(H,15,17)/t9-/m1/s1. The van der Waals surface area contributed by atoms with Crippen LogP contribution in [-0.4, -0.2) is 35.2 Å². The number of nitrogens with zero attached hydrogens (tertiary/aromatic N) is 1. The van der Waals surface area contributed by atoms with Gasteiger partial charge in [-0.05, 0) is 42.9 Å². The van der Waals surface area contributed by atoms with Crippen LogP contribution in [0.4, 0.5) is 5.69 Å². The Morgan fingerprint density at radius 1 is 1.50 bits per heavy atom. The number of nitrogens with two attached hydrogens (primary N) is 1. The Labute approximate surface area is 130 Å². The van der Waals surface area contributed by atoms with Gasteiger partial charge in [0, 0.05) is 5.69 Å². The molecule has 0 unspecified atom stereocenters. The van der Waals surface area contributed by atoms with Crippen molar-refractivity contribution in [2.75, 3.05) is 23.6 Å². The Balaban J connectivity index is 2.07. The number of carbonyl (C=O) groups is 1. The molecule has 108 valence electrons. The smallest absolute Gasteiger partial charge is 0.241 e. The van der Waals surface area contributed by atoms with Crippen LogP contribution in [0, 0.1) is 0 Å². The molecule has 0 fully saturated rings. The van der Waals surface area contributed by atoms with E-state index >= 15 is 0 Å². The van der Waals surface area contributed by atoms with Gasteiger partial charge in [-0.15, -0.1) is 11.3 Å². The van der Waals surface area contributed by atoms with E-state index in [0.717, 1.165) is 26.0 Å². The predicted octanol–water partition coefficient (Wildman–Crippen LogP) is 3.04. The molecule has 4 nitrogen and oxygen atoms in total. The van der Waals surface area contributed by atoms with Gasteiger partial charge >= 0.3 is 0 Å². The van der Waals surface area contributed by atoms with E-state index in [9.17, 15) is 4.79 Å². The fourth-order valence-corrected chi connectivity index (χ4v) is 3.70. The third kappa shape index (κ3) is 3.88. The average Bonchev–Trinajstić information content (AvgIpc) is 2.86. The number of thioether (sulfide) groups is 2. The first-order valence-electron chi connectivity index (χ1n) is 6.14. The number of rotatable bonds is 6. The summed E-state index contributed by atoms with van der Waals surface area (Å²) in [6.45, 7) is 0. The highest BCUT2D eigenvalue weighted by Crippen LogP contribution is 2.29. The van der Waals surface area contributed by atoms with Crippen LogP contribution in [0.5, 0.6) is 0 Å². The maximum absolute atomic E-state index is 12.0. The van der Waals surface area contributed by atoms with Crippen LogP contribution in [-0.2, 0) is 4.79 Å². The minimum atomic E-state index is -0.457. The Morgan fingerprint density at radius 2 is 2.30 bits per heavy atom. The molecule has 1 atom stereocenters. The summed E-state index contributed by atoms with van der Waals surface area (Å²) in [4.78, 5) is 16.4. The molecule has 0 radical (unpaired) electrons. The lowest BCUT2D eigenvalue weighted by Gasteiger charge is -2.11. The number of benzene rings is 1. The molecule has 2 rings (SSSR count). The molecule has 2 aromatic rings. The SMILES string of the molecule is CSCC[C@@H](N)C(=O)Nc1ccc2nc(SC)sc2c1. The Bertz CT molecular complexity index is 600. The van der Waals surface area contributed by atoms with E-state index in [0.29, 0.717) is 6.42 Å². The largest absolute Gasteiger partial charge is 0.325 e. The zero-order valence-corrected chi connectivity index (χ0v) is 13.8. The van der Waals surface area contributed by atoms with E-state index in [4.69, 9.17) is 5.73 Å². The van der Waals surface area contributed by atoms with Crippen LogP contribution in [0.25, 0.3) is 10.2 Å². The van der Waals surface area contributed by atoms with Crippen LogP contribution < -0.4 is 11.1 Å². The lowest BCUT2D eigenvalue weighted by Crippen LogP contribution is -2.36. The number of carbonyl (C=O) groups excluding carboxylic acids is 1. The van der Waals surface area contributed by atoms with Crippen molar-refractivity contribution in [1.29, 1.82) is 0 Å². The minimum Gasteiger partial charge on any atom is -0.325 e. The highest BCUT2D eigenvalue weighted by molar-refractivity contribution is 8.00. The molecule has 0 saturated carbocycles. The Kier molecular flexibility index (Phi) is 5.71. The monoisotopic (exact) mass is 327 g/mol. The van der Waals surface area contributed by atoms with Crippen molar-refractivity contribution in [3.05, 3.63) is 18.2 Å². The first-order chi connectivity index (χ1) is 9.63. The summed E-state index contributed by atoms with van der Waals surface area (Å²) in [6, 6.07) is 5.28. The number of anilines is 1. The van der Waals surface area contributed by atoms with Gasteiger partial charge in [0.15, 0.2) is 4.34 Å². The molecule has 0 spiro atoms. The van der Waals surface area contributed by atoms with E-state index in [1.165, 1.54) is 0 Å². The van der Waals surface area contributed by atoms with Crippen LogP contribution >= 0.6 is 34.9 Å². The summed E-state index contributed by atoms with van der Waals surface area (Å²) in [6.07, 6.45) is 4.70. The van der Waals surface area contributed by atoms with Crippen molar-refractivity contribution in [2.45, 2.75) is 16.8 Å². The number of hydrogen-bond acceptors (Lipinski definition) is 6. The topological polar surface area (TPSA) is 68.0 Å². The summed E-state index contributed by atoms with van der Waals surface area (Å²) in [5.74, 6) is 0.757.